The van der Waals surface area contributed by atoms with Crippen LogP contribution in [0.5, 0.6) is 0 Å². The van der Waals surface area contributed by atoms with E-state index in [2.05, 4.69) is 151 Å². The quantitative estimate of drug-likeness (QED) is 0.0810. The van der Waals surface area contributed by atoms with Gasteiger partial charge in [-0.15, -0.1) is 93.9 Å². The van der Waals surface area contributed by atoms with Crippen molar-refractivity contribution in [1.82, 2.24) is 0 Å². The minimum absolute atomic E-state index is 0. The fourth-order valence-electron chi connectivity index (χ4n) is 9.23. The summed E-state index contributed by atoms with van der Waals surface area (Å²) in [5, 5.41) is 5.65. The van der Waals surface area contributed by atoms with E-state index < -0.39 is 12.6 Å². The Balaban J connectivity index is 0.000000357. The van der Waals surface area contributed by atoms with Crippen molar-refractivity contribution >= 4 is 53.2 Å². The Morgan fingerprint density at radius 1 is 0.571 bits per heavy atom. The second-order valence-electron chi connectivity index (χ2n) is 17.9. The van der Waals surface area contributed by atoms with E-state index in [0.717, 1.165) is 11.8 Å². The molecule has 2 radical (unpaired) electrons. The summed E-state index contributed by atoms with van der Waals surface area (Å²) in [6.45, 7) is 14.7. The Kier molecular flexibility index (Phi) is 25.7. The molecule has 0 spiro atoms. The summed E-state index contributed by atoms with van der Waals surface area (Å²) in [6, 6.07) is 41.7. The van der Waals surface area contributed by atoms with Gasteiger partial charge >= 0.3 is 36.4 Å². The fourth-order valence-corrected chi connectivity index (χ4v) is 9.23. The van der Waals surface area contributed by atoms with Crippen LogP contribution in [0, 0.1) is 26.2 Å². The normalized spacial score (nSPS) is 14.6. The molecule has 0 aromatic heterocycles. The van der Waals surface area contributed by atoms with Crippen molar-refractivity contribution in [3.05, 3.63) is 146 Å². The van der Waals surface area contributed by atoms with Gasteiger partial charge in [0, 0.05) is 0 Å². The number of alkyl halides is 3. The first-order valence-corrected chi connectivity index (χ1v) is 26.8. The van der Waals surface area contributed by atoms with Crippen LogP contribution in [0.3, 0.4) is 0 Å². The predicted molar refractivity (Wildman–Crippen MR) is 271 cm³/mol. The topological polar surface area (TPSA) is 0 Å². The minimum atomic E-state index is -4.07. The average Bonchev–Trinajstić information content (AvgIpc) is 3.64. The monoisotopic (exact) mass is 988 g/mol. The second kappa shape index (κ2) is 28.6. The third-order valence-electron chi connectivity index (χ3n) is 12.7. The van der Waals surface area contributed by atoms with Gasteiger partial charge in [0.2, 0.25) is 0 Å². The van der Waals surface area contributed by atoms with Gasteiger partial charge in [0.1, 0.15) is 0 Å². The van der Waals surface area contributed by atoms with Crippen molar-refractivity contribution < 1.29 is 36.5 Å². The van der Waals surface area contributed by atoms with E-state index in [0.29, 0.717) is 11.8 Å². The third kappa shape index (κ3) is 17.4. The van der Waals surface area contributed by atoms with Gasteiger partial charge in [0.25, 0.3) is 0 Å². The molecule has 2 saturated carbocycles. The first kappa shape index (κ1) is 56.7. The number of fused-ring (bicyclic) bond motifs is 2. The molecule has 0 nitrogen and oxygen atoms in total. The van der Waals surface area contributed by atoms with E-state index in [-0.39, 0.29) is 32.2 Å². The zero-order valence-corrected chi connectivity index (χ0v) is 43.6. The Hall–Kier alpha value is -2.43. The van der Waals surface area contributed by atoms with Gasteiger partial charge in [-0.25, -0.2) is 0 Å². The van der Waals surface area contributed by atoms with Gasteiger partial charge in [-0.1, -0.05) is 183 Å². The molecule has 0 N–H and O–H groups in total. The molecule has 63 heavy (non-hydrogen) atoms. The van der Waals surface area contributed by atoms with Crippen molar-refractivity contribution in [3.8, 4) is 22.3 Å². The van der Waals surface area contributed by atoms with Crippen LogP contribution in [0.4, 0.5) is 13.2 Å². The van der Waals surface area contributed by atoms with Crippen LogP contribution in [0.1, 0.15) is 145 Å². The van der Waals surface area contributed by atoms with Crippen molar-refractivity contribution in [2.24, 2.45) is 11.8 Å². The molecule has 0 heterocycles. The van der Waals surface area contributed by atoms with E-state index in [9.17, 15) is 13.2 Å². The van der Waals surface area contributed by atoms with E-state index in [1.54, 1.807) is 0 Å². The molecule has 342 valence electrons. The molecule has 0 unspecified atom stereocenters. The molecule has 2 aliphatic rings. The predicted octanol–water partition coefficient (Wildman–Crippen LogP) is 18.4. The first-order chi connectivity index (χ1) is 29.0. The molecule has 2 fully saturated rings. The summed E-state index contributed by atoms with van der Waals surface area (Å²) in [7, 11) is 0. The van der Waals surface area contributed by atoms with E-state index in [1.807, 2.05) is 0 Å². The van der Waals surface area contributed by atoms with E-state index >= 15 is 0 Å². The first-order valence-electron chi connectivity index (χ1n) is 22.7. The molecule has 8 rings (SSSR count). The summed E-state index contributed by atoms with van der Waals surface area (Å²) in [5.74, 6) is 2.96. The van der Waals surface area contributed by atoms with Crippen LogP contribution in [-0.2, 0) is 36.2 Å². The van der Waals surface area contributed by atoms with Crippen molar-refractivity contribution in [1.29, 1.82) is 0 Å². The van der Waals surface area contributed by atoms with E-state index in [4.69, 9.17) is 0 Å². The molecule has 0 bridgehead atoms. The van der Waals surface area contributed by atoms with Crippen LogP contribution >= 0.6 is 24.8 Å². The number of rotatable bonds is 8. The van der Waals surface area contributed by atoms with Gasteiger partial charge in [-0.2, -0.15) is 25.3 Å². The molecule has 0 aliphatic heterocycles. The van der Waals surface area contributed by atoms with Gasteiger partial charge in [0.15, 0.2) is 0 Å². The Labute approximate surface area is 408 Å². The van der Waals surface area contributed by atoms with Crippen LogP contribution in [-0.4, -0.2) is 13.1 Å². The number of benzene rings is 4. The SMILES string of the molecule is CC(C)c1ccc(-c2cccc3[cH-]c(CC4CCCCCC4)cc23)cc1.CC(C)c1ccc(-c2cccc3[cH-]c(CC4CCCCCC4)cc23)cc1.Cl.Cl.[CH2-]CC(F)(F)F.[CH3-].[Si]=[Zr]. The molecule has 6 aromatic rings. The van der Waals surface area contributed by atoms with Crippen LogP contribution in [0.25, 0.3) is 43.8 Å². The van der Waals surface area contributed by atoms with Crippen molar-refractivity contribution in [2.45, 2.75) is 142 Å². The maximum absolute atomic E-state index is 10.7. The summed E-state index contributed by atoms with van der Waals surface area (Å²) in [4.78, 5) is 0. The molecule has 2 aliphatic carbocycles. The molecule has 6 aromatic carbocycles. The number of hydrogen-bond donors (Lipinski definition) is 0. The van der Waals surface area contributed by atoms with Crippen LogP contribution < -0.4 is 0 Å². The van der Waals surface area contributed by atoms with Crippen LogP contribution in [0.15, 0.2) is 109 Å². The van der Waals surface area contributed by atoms with Crippen molar-refractivity contribution in [2.75, 3.05) is 0 Å². The van der Waals surface area contributed by atoms with Gasteiger partial charge in [-0.3, -0.25) is 0 Å². The summed E-state index contributed by atoms with van der Waals surface area (Å²) < 4.78 is 32.2. The summed E-state index contributed by atoms with van der Waals surface area (Å²) in [6.07, 6.45) is 14.6. The fraction of sp³-hybridized carbons (Fsp3) is 0.429. The molecule has 0 saturated heterocycles. The number of hydrogen-bond acceptors (Lipinski definition) is 0. The zero-order chi connectivity index (χ0) is 43.1. The summed E-state index contributed by atoms with van der Waals surface area (Å²) in [5.41, 5.74) is 11.3. The standard InChI is InChI=1S/2C26H31.C3H4F3.CH3.2ClH.Si.Zr/c2*1-19(2)22-12-14-23(15-13-22)25-11-7-10-24-17-21(18-26(24)25)16-20-8-5-3-4-6-9-20;1-2-3(4,5)6;;;;;/h2*7,10-15,17-20H,3-6,8-9,16H2,1-2H3;1-2H2;1H3;2*1H;;/q4*-1;;;;. The Bertz CT molecular complexity index is 2000. The zero-order valence-electron chi connectivity index (χ0n) is 38.5. The van der Waals surface area contributed by atoms with Crippen molar-refractivity contribution in [3.63, 3.8) is 0 Å². The molecular formula is C56H71Cl2F3SiZr-4. The van der Waals surface area contributed by atoms with Gasteiger partial charge in [0.05, 0.1) is 0 Å². The van der Waals surface area contributed by atoms with Gasteiger partial charge < -0.3 is 14.4 Å². The Morgan fingerprint density at radius 2 is 0.889 bits per heavy atom. The molecule has 0 atom stereocenters. The van der Waals surface area contributed by atoms with Crippen LogP contribution in [0.2, 0.25) is 0 Å². The molecule has 0 amide bonds. The maximum atomic E-state index is 10.7. The molecular weight excluding hydrogens is 920 g/mol. The summed E-state index contributed by atoms with van der Waals surface area (Å²) >= 11 is 1.36. The Morgan fingerprint density at radius 3 is 1.17 bits per heavy atom. The molecule has 7 heteroatoms. The number of halogens is 5. The second-order valence-corrected chi connectivity index (χ2v) is 17.9. The average molecular weight is 991 g/mol. The van der Waals surface area contributed by atoms with Gasteiger partial charge in [-0.05, 0) is 58.8 Å². The third-order valence-corrected chi connectivity index (χ3v) is 12.7. The van der Waals surface area contributed by atoms with E-state index in [1.165, 1.54) is 179 Å².